The van der Waals surface area contributed by atoms with E-state index in [9.17, 15) is 17.6 Å². The van der Waals surface area contributed by atoms with Crippen molar-refractivity contribution in [3.63, 3.8) is 0 Å². The summed E-state index contributed by atoms with van der Waals surface area (Å²) < 4.78 is 47.7. The van der Waals surface area contributed by atoms with Crippen LogP contribution in [0, 0.1) is 12.7 Å². The predicted octanol–water partition coefficient (Wildman–Crippen LogP) is 2.78. The number of aromatic nitrogens is 4. The molecule has 0 spiro atoms. The second-order valence-corrected chi connectivity index (χ2v) is 10.6. The van der Waals surface area contributed by atoms with Gasteiger partial charge in [-0.15, -0.1) is 0 Å². The Labute approximate surface area is 227 Å². The summed E-state index contributed by atoms with van der Waals surface area (Å²) in [4.78, 5) is 27.0. The van der Waals surface area contributed by atoms with Gasteiger partial charge in [-0.2, -0.15) is 13.5 Å². The maximum atomic E-state index is 14.9. The Bertz CT molecular complexity index is 1760. The molecule has 1 atom stereocenters. The zero-order valence-electron chi connectivity index (χ0n) is 20.8. The van der Waals surface area contributed by atoms with Gasteiger partial charge in [0.15, 0.2) is 16.4 Å². The Morgan fingerprint density at radius 3 is 2.38 bits per heavy atom. The molecule has 200 valence electrons. The molecule has 0 saturated carbocycles. The fourth-order valence-electron chi connectivity index (χ4n) is 4.43. The van der Waals surface area contributed by atoms with Crippen molar-refractivity contribution in [2.24, 2.45) is 17.8 Å². The van der Waals surface area contributed by atoms with E-state index in [2.05, 4.69) is 20.1 Å². The number of nitrogens with two attached hydrogens (primary N) is 1. The molecule has 0 bridgehead atoms. The van der Waals surface area contributed by atoms with Gasteiger partial charge in [0.2, 0.25) is 0 Å². The molecular weight excluding hydrogens is 549 g/mol. The Morgan fingerprint density at radius 2 is 1.77 bits per heavy atom. The van der Waals surface area contributed by atoms with E-state index >= 15 is 0 Å². The van der Waals surface area contributed by atoms with Gasteiger partial charge >= 0.3 is 10.1 Å². The number of amides is 1. The number of halogens is 2. The molecule has 14 heteroatoms. The van der Waals surface area contributed by atoms with Crippen molar-refractivity contribution in [3.8, 4) is 16.9 Å². The monoisotopic (exact) mass is 569 g/mol. The summed E-state index contributed by atoms with van der Waals surface area (Å²) in [6.07, 6.45) is 4.19. The number of aryl methyl sites for hydroxylation is 2. The van der Waals surface area contributed by atoms with E-state index in [1.54, 1.807) is 6.07 Å². The van der Waals surface area contributed by atoms with Gasteiger partial charge in [-0.3, -0.25) is 14.4 Å². The van der Waals surface area contributed by atoms with Crippen molar-refractivity contribution in [1.29, 1.82) is 0 Å². The van der Waals surface area contributed by atoms with Crippen LogP contribution in [-0.4, -0.2) is 52.0 Å². The summed E-state index contributed by atoms with van der Waals surface area (Å²) in [6.45, 7) is 1.49. The average molecular weight is 570 g/mol. The van der Waals surface area contributed by atoms with Crippen molar-refractivity contribution in [1.82, 2.24) is 24.6 Å². The molecule has 2 aromatic carbocycles. The lowest BCUT2D eigenvalue weighted by molar-refractivity contribution is -0.129. The highest BCUT2D eigenvalue weighted by Crippen LogP contribution is 2.42. The highest BCUT2D eigenvalue weighted by molar-refractivity contribution is 7.87. The van der Waals surface area contributed by atoms with E-state index in [0.29, 0.717) is 5.56 Å². The fraction of sp³-hybridized carbons (Fsp3) is 0.160. The Hall–Kier alpha value is -4.36. The van der Waals surface area contributed by atoms with E-state index in [1.165, 1.54) is 80.8 Å². The summed E-state index contributed by atoms with van der Waals surface area (Å²) in [6, 6.07) is 9.93. The standard InChI is InChI=1S/C25H21ClFN7O4S/c1-14-21(22(26)34(3)32-14)39(36,37)38-18-6-4-5-16(9-18)25(23(35)33(2)24(28)31-25)17-7-8-20(27)19(10-17)15-11-29-13-30-12-15/h4-13H,1-3H3,(H2,28,31). The Balaban J connectivity index is 1.65. The quantitative estimate of drug-likeness (QED) is 0.349. The maximum absolute atomic E-state index is 14.9. The molecule has 0 radical (unpaired) electrons. The molecule has 11 nitrogen and oxygen atoms in total. The number of nitrogens with zero attached hydrogens (tertiary/aromatic N) is 6. The lowest BCUT2D eigenvalue weighted by Gasteiger charge is -2.27. The van der Waals surface area contributed by atoms with Gasteiger partial charge in [0, 0.05) is 37.6 Å². The second kappa shape index (κ2) is 9.43. The Morgan fingerprint density at radius 1 is 1.08 bits per heavy atom. The van der Waals surface area contributed by atoms with E-state index in [4.69, 9.17) is 21.5 Å². The number of carbonyl (C=O) groups excluding carboxylic acids is 1. The normalized spacial score (nSPS) is 17.4. The van der Waals surface area contributed by atoms with E-state index in [1.807, 2.05) is 0 Å². The molecule has 2 aromatic heterocycles. The molecule has 1 amide bonds. The van der Waals surface area contributed by atoms with Crippen molar-refractivity contribution in [3.05, 3.63) is 89.0 Å². The van der Waals surface area contributed by atoms with Crippen molar-refractivity contribution in [2.45, 2.75) is 17.4 Å². The molecule has 1 aliphatic heterocycles. The zero-order chi connectivity index (χ0) is 28.1. The molecule has 1 unspecified atom stereocenters. The summed E-state index contributed by atoms with van der Waals surface area (Å²) in [5.74, 6) is -1.29. The SMILES string of the molecule is Cc1nn(C)c(Cl)c1S(=O)(=O)Oc1cccc(C2(c3ccc(F)c(-c4cncnc4)c3)N=C(N)N(C)C2=O)c1. The van der Waals surface area contributed by atoms with Crippen LogP contribution in [0.1, 0.15) is 16.8 Å². The third-order valence-corrected chi connectivity index (χ3v) is 8.25. The molecule has 0 fully saturated rings. The number of guanidine groups is 1. The van der Waals surface area contributed by atoms with Crippen LogP contribution in [0.25, 0.3) is 11.1 Å². The van der Waals surface area contributed by atoms with Crippen molar-refractivity contribution < 1.29 is 21.8 Å². The minimum absolute atomic E-state index is 0.0781. The van der Waals surface area contributed by atoms with Crippen LogP contribution < -0.4 is 9.92 Å². The van der Waals surface area contributed by atoms with Crippen molar-refractivity contribution in [2.75, 3.05) is 7.05 Å². The van der Waals surface area contributed by atoms with Crippen LogP contribution in [0.15, 0.2) is 71.1 Å². The van der Waals surface area contributed by atoms with Gasteiger partial charge < -0.3 is 9.92 Å². The third-order valence-electron chi connectivity index (χ3n) is 6.30. The summed E-state index contributed by atoms with van der Waals surface area (Å²) in [5, 5.41) is 3.90. The molecule has 5 rings (SSSR count). The first-order valence-electron chi connectivity index (χ1n) is 11.4. The minimum Gasteiger partial charge on any atom is -0.379 e. The third kappa shape index (κ3) is 4.29. The first-order chi connectivity index (χ1) is 18.5. The van der Waals surface area contributed by atoms with Gasteiger partial charge in [0.1, 0.15) is 23.0 Å². The largest absolute Gasteiger partial charge is 0.379 e. The second-order valence-electron chi connectivity index (χ2n) is 8.76. The Kier molecular flexibility index (Phi) is 6.35. The van der Waals surface area contributed by atoms with Gasteiger partial charge in [0.05, 0.1) is 5.69 Å². The van der Waals surface area contributed by atoms with Crippen LogP contribution in [0.4, 0.5) is 4.39 Å². The number of rotatable bonds is 6. The van der Waals surface area contributed by atoms with Crippen LogP contribution in [0.2, 0.25) is 5.15 Å². The molecule has 4 aromatic rings. The van der Waals surface area contributed by atoms with Crippen LogP contribution >= 0.6 is 11.6 Å². The number of hydrogen-bond donors (Lipinski definition) is 1. The molecule has 1 aliphatic rings. The molecule has 0 aliphatic carbocycles. The zero-order valence-corrected chi connectivity index (χ0v) is 22.4. The molecule has 2 N–H and O–H groups in total. The van der Waals surface area contributed by atoms with Crippen molar-refractivity contribution >= 4 is 33.6 Å². The minimum atomic E-state index is -4.40. The van der Waals surface area contributed by atoms with Gasteiger partial charge in [-0.05, 0) is 42.3 Å². The number of hydrogen-bond acceptors (Lipinski definition) is 9. The number of likely N-dealkylation sites (N-methyl/N-ethyl adjacent to an activating group) is 1. The first-order valence-corrected chi connectivity index (χ1v) is 13.2. The number of carbonyl (C=O) groups is 1. The summed E-state index contributed by atoms with van der Waals surface area (Å²) >= 11 is 6.15. The van der Waals surface area contributed by atoms with E-state index in [0.717, 1.165) is 4.90 Å². The van der Waals surface area contributed by atoms with Gasteiger partial charge in [0.25, 0.3) is 5.91 Å². The average Bonchev–Trinajstić information content (AvgIpc) is 3.30. The highest BCUT2D eigenvalue weighted by atomic mass is 35.5. The van der Waals surface area contributed by atoms with Crippen LogP contribution in [-0.2, 0) is 27.5 Å². The highest BCUT2D eigenvalue weighted by Gasteiger charge is 2.50. The predicted molar refractivity (Wildman–Crippen MR) is 140 cm³/mol. The number of aliphatic imine (C=N–C) groups is 1. The summed E-state index contributed by atoms with van der Waals surface area (Å²) in [5.41, 5.74) is 5.50. The fourth-order valence-corrected chi connectivity index (χ4v) is 6.07. The first kappa shape index (κ1) is 26.3. The smallest absolute Gasteiger partial charge is 0.344 e. The number of benzene rings is 2. The van der Waals surface area contributed by atoms with Gasteiger partial charge in [-0.1, -0.05) is 29.8 Å². The molecule has 39 heavy (non-hydrogen) atoms. The molecule has 0 saturated heterocycles. The van der Waals surface area contributed by atoms with E-state index in [-0.39, 0.29) is 44.1 Å². The maximum Gasteiger partial charge on any atom is 0.344 e. The topological polar surface area (TPSA) is 146 Å². The van der Waals surface area contributed by atoms with Crippen LogP contribution in [0.5, 0.6) is 5.75 Å². The summed E-state index contributed by atoms with van der Waals surface area (Å²) in [7, 11) is -1.44. The van der Waals surface area contributed by atoms with Gasteiger partial charge in [-0.25, -0.2) is 19.4 Å². The molecular formula is C25H21ClFN7O4S. The lowest BCUT2D eigenvalue weighted by Crippen LogP contribution is -2.41. The van der Waals surface area contributed by atoms with E-state index < -0.39 is 27.4 Å². The molecule has 3 heterocycles. The lowest BCUT2D eigenvalue weighted by atomic mass is 9.81. The van der Waals surface area contributed by atoms with Crippen LogP contribution in [0.3, 0.4) is 0 Å².